The number of methoxy groups -OCH3 is 1. The van der Waals surface area contributed by atoms with Gasteiger partial charge in [0, 0.05) is 40.1 Å². The SMILES string of the molecule is COc1cc(OC(=S)c2ccccc2C)ccc1-c1ccc2c(c1COc1cc(F)ccc1C)C(C)=CC(C)(C)N2. The third-order valence-electron chi connectivity index (χ3n) is 7.30. The molecule has 0 bridgehead atoms. The van der Waals surface area contributed by atoms with Crippen LogP contribution in [0.1, 0.15) is 48.6 Å². The summed E-state index contributed by atoms with van der Waals surface area (Å²) in [5, 5.41) is 4.03. The van der Waals surface area contributed by atoms with Gasteiger partial charge in [0.1, 0.15) is 29.7 Å². The lowest BCUT2D eigenvalue weighted by Gasteiger charge is -2.33. The standard InChI is InChI=1S/C35H34FNO3S/c1-21-9-7-8-10-26(21)34(41)40-25-13-14-28(32(18-25)38-6)27-15-16-30-33(23(3)19-35(4,5)37-30)29(27)20-39-31-17-24(36)12-11-22(31)2/h7-19,37H,20H2,1-6H3. The highest BCUT2D eigenvalue weighted by Crippen LogP contribution is 2.43. The summed E-state index contributed by atoms with van der Waals surface area (Å²) < 4.78 is 32.3. The average molecular weight is 568 g/mol. The van der Waals surface area contributed by atoms with Gasteiger partial charge in [0.2, 0.25) is 0 Å². The predicted octanol–water partition coefficient (Wildman–Crippen LogP) is 9.06. The molecule has 0 fully saturated rings. The number of anilines is 1. The lowest BCUT2D eigenvalue weighted by atomic mass is 9.85. The van der Waals surface area contributed by atoms with Crippen LogP contribution in [0.25, 0.3) is 16.7 Å². The second kappa shape index (κ2) is 11.4. The van der Waals surface area contributed by atoms with Crippen molar-refractivity contribution in [3.05, 3.63) is 113 Å². The van der Waals surface area contributed by atoms with Gasteiger partial charge in [-0.1, -0.05) is 42.5 Å². The average Bonchev–Trinajstić information content (AvgIpc) is 2.92. The van der Waals surface area contributed by atoms with E-state index in [4.69, 9.17) is 26.4 Å². The molecule has 1 N–H and O–H groups in total. The number of allylic oxidation sites excluding steroid dienone is 1. The number of aryl methyl sites for hydroxylation is 2. The van der Waals surface area contributed by atoms with Crippen LogP contribution < -0.4 is 19.5 Å². The Balaban J connectivity index is 1.56. The number of thiocarbonyl (C=S) groups is 1. The summed E-state index contributed by atoms with van der Waals surface area (Å²) in [5.74, 6) is 1.41. The van der Waals surface area contributed by atoms with Gasteiger partial charge in [-0.2, -0.15) is 0 Å². The zero-order chi connectivity index (χ0) is 29.3. The summed E-state index contributed by atoms with van der Waals surface area (Å²) in [7, 11) is 1.64. The molecule has 1 aliphatic rings. The second-order valence-corrected chi connectivity index (χ2v) is 11.3. The van der Waals surface area contributed by atoms with Gasteiger partial charge >= 0.3 is 0 Å². The first-order valence-corrected chi connectivity index (χ1v) is 14.0. The van der Waals surface area contributed by atoms with Crippen LogP contribution in [-0.4, -0.2) is 17.7 Å². The summed E-state index contributed by atoms with van der Waals surface area (Å²) in [6.07, 6.45) is 2.22. The van der Waals surface area contributed by atoms with E-state index in [0.29, 0.717) is 22.3 Å². The van der Waals surface area contributed by atoms with E-state index in [0.717, 1.165) is 50.2 Å². The molecule has 0 aliphatic carbocycles. The van der Waals surface area contributed by atoms with E-state index in [1.807, 2.05) is 56.3 Å². The van der Waals surface area contributed by atoms with Gasteiger partial charge in [0.15, 0.2) is 5.05 Å². The Morgan fingerprint density at radius 2 is 1.63 bits per heavy atom. The summed E-state index contributed by atoms with van der Waals surface area (Å²) >= 11 is 5.60. The van der Waals surface area contributed by atoms with Gasteiger partial charge in [-0.15, -0.1) is 0 Å². The molecule has 0 spiro atoms. The zero-order valence-electron chi connectivity index (χ0n) is 24.2. The lowest BCUT2D eigenvalue weighted by Crippen LogP contribution is -2.32. The van der Waals surface area contributed by atoms with Crippen LogP contribution in [0.2, 0.25) is 0 Å². The van der Waals surface area contributed by atoms with Crippen molar-refractivity contribution in [3.63, 3.8) is 0 Å². The maximum absolute atomic E-state index is 14.1. The van der Waals surface area contributed by atoms with Gasteiger partial charge < -0.3 is 19.5 Å². The van der Waals surface area contributed by atoms with E-state index in [-0.39, 0.29) is 18.0 Å². The van der Waals surface area contributed by atoms with Gasteiger partial charge in [-0.25, -0.2) is 4.39 Å². The third-order valence-corrected chi connectivity index (χ3v) is 7.61. The fourth-order valence-corrected chi connectivity index (χ4v) is 5.73. The van der Waals surface area contributed by atoms with E-state index >= 15 is 0 Å². The largest absolute Gasteiger partial charge is 0.496 e. The number of benzene rings is 4. The van der Waals surface area contributed by atoms with Crippen LogP contribution in [0, 0.1) is 19.7 Å². The molecular formula is C35H34FNO3S. The highest BCUT2D eigenvalue weighted by Gasteiger charge is 2.27. The first-order valence-electron chi connectivity index (χ1n) is 13.6. The van der Waals surface area contributed by atoms with Crippen molar-refractivity contribution < 1.29 is 18.6 Å². The fraction of sp³-hybridized carbons (Fsp3) is 0.229. The van der Waals surface area contributed by atoms with Crippen molar-refractivity contribution in [1.82, 2.24) is 0 Å². The summed E-state index contributed by atoms with van der Waals surface area (Å²) in [6.45, 7) is 10.6. The molecule has 0 saturated carbocycles. The lowest BCUT2D eigenvalue weighted by molar-refractivity contribution is 0.302. The number of hydrogen-bond acceptors (Lipinski definition) is 5. The molecule has 0 radical (unpaired) electrons. The Labute approximate surface area is 246 Å². The molecule has 0 saturated heterocycles. The Morgan fingerprint density at radius 3 is 2.39 bits per heavy atom. The Bertz CT molecular complexity index is 1670. The Morgan fingerprint density at radius 1 is 0.878 bits per heavy atom. The fourth-order valence-electron chi connectivity index (χ4n) is 5.40. The molecular weight excluding hydrogens is 533 g/mol. The maximum Gasteiger partial charge on any atom is 0.198 e. The molecule has 0 unspecified atom stereocenters. The predicted molar refractivity (Wildman–Crippen MR) is 169 cm³/mol. The van der Waals surface area contributed by atoms with E-state index < -0.39 is 0 Å². The normalized spacial score (nSPS) is 13.5. The molecule has 4 aromatic rings. The number of nitrogens with one attached hydrogen (secondary N) is 1. The van der Waals surface area contributed by atoms with Crippen molar-refractivity contribution in [2.75, 3.05) is 12.4 Å². The molecule has 6 heteroatoms. The number of hydrogen-bond donors (Lipinski definition) is 1. The highest BCUT2D eigenvalue weighted by atomic mass is 32.1. The summed E-state index contributed by atoms with van der Waals surface area (Å²) in [5.41, 5.74) is 8.66. The molecule has 0 amide bonds. The quantitative estimate of drug-likeness (QED) is 0.226. The van der Waals surface area contributed by atoms with Crippen LogP contribution in [0.4, 0.5) is 10.1 Å². The van der Waals surface area contributed by atoms with Crippen molar-refractivity contribution >= 4 is 28.5 Å². The molecule has 0 aromatic heterocycles. The molecule has 1 heterocycles. The molecule has 0 atom stereocenters. The summed E-state index contributed by atoms with van der Waals surface area (Å²) in [6, 6.07) is 22.4. The Kier molecular flexibility index (Phi) is 7.87. The first kappa shape index (κ1) is 28.4. The van der Waals surface area contributed by atoms with Gasteiger partial charge in [0.05, 0.1) is 12.6 Å². The highest BCUT2D eigenvalue weighted by molar-refractivity contribution is 7.80. The monoisotopic (exact) mass is 567 g/mol. The Hall–Kier alpha value is -4.16. The van der Waals surface area contributed by atoms with Crippen LogP contribution in [0.15, 0.2) is 78.9 Å². The van der Waals surface area contributed by atoms with E-state index in [1.165, 1.54) is 12.1 Å². The van der Waals surface area contributed by atoms with Crippen molar-refractivity contribution in [2.45, 2.75) is 46.8 Å². The number of fused-ring (bicyclic) bond motifs is 1. The molecule has 4 nitrogen and oxygen atoms in total. The van der Waals surface area contributed by atoms with E-state index in [9.17, 15) is 4.39 Å². The minimum absolute atomic E-state index is 0.192. The minimum Gasteiger partial charge on any atom is -0.496 e. The molecule has 41 heavy (non-hydrogen) atoms. The van der Waals surface area contributed by atoms with Gasteiger partial charge in [-0.05, 0) is 93.4 Å². The summed E-state index contributed by atoms with van der Waals surface area (Å²) in [4.78, 5) is 0. The number of halogens is 1. The van der Waals surface area contributed by atoms with E-state index in [1.54, 1.807) is 13.2 Å². The molecule has 4 aromatic carbocycles. The van der Waals surface area contributed by atoms with Crippen LogP contribution in [-0.2, 0) is 6.61 Å². The first-order chi connectivity index (χ1) is 19.6. The third kappa shape index (κ3) is 5.98. The van der Waals surface area contributed by atoms with Crippen LogP contribution >= 0.6 is 12.2 Å². The van der Waals surface area contributed by atoms with Crippen molar-refractivity contribution in [2.24, 2.45) is 0 Å². The maximum atomic E-state index is 14.1. The van der Waals surface area contributed by atoms with Gasteiger partial charge in [0.25, 0.3) is 0 Å². The molecule has 210 valence electrons. The number of ether oxygens (including phenoxy) is 3. The number of rotatable bonds is 7. The topological polar surface area (TPSA) is 39.7 Å². The smallest absolute Gasteiger partial charge is 0.198 e. The minimum atomic E-state index is -0.332. The molecule has 5 rings (SSSR count). The van der Waals surface area contributed by atoms with Crippen LogP contribution in [0.5, 0.6) is 17.2 Å². The van der Waals surface area contributed by atoms with Crippen molar-refractivity contribution in [1.29, 1.82) is 0 Å². The molecule has 1 aliphatic heterocycles. The van der Waals surface area contributed by atoms with Crippen molar-refractivity contribution in [3.8, 4) is 28.4 Å². The van der Waals surface area contributed by atoms with Gasteiger partial charge in [-0.3, -0.25) is 0 Å². The van der Waals surface area contributed by atoms with E-state index in [2.05, 4.69) is 44.3 Å². The second-order valence-electron chi connectivity index (χ2n) is 11.0. The van der Waals surface area contributed by atoms with Crippen LogP contribution in [0.3, 0.4) is 0 Å². The zero-order valence-corrected chi connectivity index (χ0v) is 25.0.